The zero-order valence-corrected chi connectivity index (χ0v) is 18.9. The van der Waals surface area contributed by atoms with Crippen molar-refractivity contribution in [1.82, 2.24) is 9.97 Å². The summed E-state index contributed by atoms with van der Waals surface area (Å²) in [5, 5.41) is 14.4. The summed E-state index contributed by atoms with van der Waals surface area (Å²) in [5.41, 5.74) is 9.28. The van der Waals surface area contributed by atoms with Crippen LogP contribution in [0.25, 0.3) is 22.3 Å². The fraction of sp³-hybridized carbons (Fsp3) is 0.280. The molecule has 1 aliphatic rings. The first-order chi connectivity index (χ1) is 15.4. The van der Waals surface area contributed by atoms with Crippen LogP contribution in [-0.2, 0) is 0 Å². The molecule has 3 aromatic rings. The molecule has 0 saturated carbocycles. The number of rotatable bonds is 6. The maximum Gasteiger partial charge on any atom is 0.254 e. The second-order valence-corrected chi connectivity index (χ2v) is 8.38. The normalized spacial score (nSPS) is 17.3. The number of aliphatic hydroxyl groups excluding tert-OH is 1. The third-order valence-electron chi connectivity index (χ3n) is 5.69. The Morgan fingerprint density at radius 1 is 1.22 bits per heavy atom. The van der Waals surface area contributed by atoms with Crippen molar-refractivity contribution in [3.63, 3.8) is 0 Å². The van der Waals surface area contributed by atoms with Gasteiger partial charge in [-0.15, -0.1) is 0 Å². The molecular weight excluding hydrogens is 424 g/mol. The maximum absolute atomic E-state index is 9.38. The zero-order chi connectivity index (χ0) is 22.7. The molecule has 0 amide bonds. The molecule has 0 bridgehead atoms. The van der Waals surface area contributed by atoms with Gasteiger partial charge in [0.05, 0.1) is 5.52 Å². The number of nitrogens with zero attached hydrogens (tertiary/aromatic N) is 2. The molecule has 6 nitrogen and oxygen atoms in total. The lowest BCUT2D eigenvalue weighted by atomic mass is 9.94. The Morgan fingerprint density at radius 2 is 2.00 bits per heavy atom. The minimum atomic E-state index is -1.40. The van der Waals surface area contributed by atoms with Crippen LogP contribution in [0.4, 0.5) is 5.82 Å². The molecule has 32 heavy (non-hydrogen) atoms. The van der Waals surface area contributed by atoms with Crippen LogP contribution in [0.5, 0.6) is 5.75 Å². The van der Waals surface area contributed by atoms with Crippen molar-refractivity contribution in [3.05, 3.63) is 70.9 Å². The molecule has 166 valence electrons. The zero-order valence-electron chi connectivity index (χ0n) is 18.2. The van der Waals surface area contributed by atoms with Gasteiger partial charge in [0.2, 0.25) is 0 Å². The molecule has 2 atom stereocenters. The highest BCUT2D eigenvalue weighted by atomic mass is 35.5. The van der Waals surface area contributed by atoms with Gasteiger partial charge in [0, 0.05) is 27.7 Å². The molecule has 1 heterocycles. The van der Waals surface area contributed by atoms with E-state index in [1.165, 1.54) is 5.57 Å². The largest absolute Gasteiger partial charge is 0.452 e. The van der Waals surface area contributed by atoms with Gasteiger partial charge >= 0.3 is 0 Å². The average molecular weight is 451 g/mol. The molecule has 0 aliphatic heterocycles. The summed E-state index contributed by atoms with van der Waals surface area (Å²) in [4.78, 5) is 9.55. The van der Waals surface area contributed by atoms with E-state index in [9.17, 15) is 5.11 Å². The highest BCUT2D eigenvalue weighted by molar-refractivity contribution is 6.30. The standard InChI is InChI=1S/C25H27ClN4O2/c1-3-16-5-4-6-19(13-15(16)2)28-24-21-12-11-20(32-25(27)31)14-22(21)29-23(30-24)17-7-9-18(26)10-8-17/h6-14,16,25,31H,3-5,27H2,1-2H3,(H,28,29,30). The van der Waals surface area contributed by atoms with Gasteiger partial charge in [0.25, 0.3) is 6.41 Å². The Morgan fingerprint density at radius 3 is 2.72 bits per heavy atom. The molecule has 2 unspecified atom stereocenters. The second-order valence-electron chi connectivity index (χ2n) is 7.95. The number of hydrogen-bond donors (Lipinski definition) is 3. The van der Waals surface area contributed by atoms with Crippen molar-refractivity contribution in [3.8, 4) is 17.1 Å². The van der Waals surface area contributed by atoms with Crippen LogP contribution in [-0.4, -0.2) is 21.5 Å². The fourth-order valence-corrected chi connectivity index (χ4v) is 4.11. The third-order valence-corrected chi connectivity index (χ3v) is 5.94. The first-order valence-electron chi connectivity index (χ1n) is 10.8. The summed E-state index contributed by atoms with van der Waals surface area (Å²) in [6.45, 7) is 4.42. The van der Waals surface area contributed by atoms with Crippen LogP contribution in [0.1, 0.15) is 33.1 Å². The van der Waals surface area contributed by atoms with Gasteiger partial charge in [-0.3, -0.25) is 5.73 Å². The van der Waals surface area contributed by atoms with Crippen LogP contribution < -0.4 is 15.8 Å². The number of ether oxygens (including phenoxy) is 1. The number of halogens is 1. The van der Waals surface area contributed by atoms with Crippen molar-refractivity contribution in [2.75, 3.05) is 5.32 Å². The van der Waals surface area contributed by atoms with E-state index in [-0.39, 0.29) is 0 Å². The van der Waals surface area contributed by atoms with Crippen molar-refractivity contribution < 1.29 is 9.84 Å². The molecule has 7 heteroatoms. The molecule has 0 saturated heterocycles. The van der Waals surface area contributed by atoms with Crippen molar-refractivity contribution in [2.24, 2.45) is 11.7 Å². The van der Waals surface area contributed by atoms with E-state index in [4.69, 9.17) is 32.0 Å². The summed E-state index contributed by atoms with van der Waals surface area (Å²) in [7, 11) is 0. The van der Waals surface area contributed by atoms with E-state index in [2.05, 4.69) is 31.3 Å². The van der Waals surface area contributed by atoms with Crippen molar-refractivity contribution >= 4 is 28.3 Å². The highest BCUT2D eigenvalue weighted by Crippen LogP contribution is 2.31. The average Bonchev–Trinajstić information content (AvgIpc) is 2.93. The number of allylic oxidation sites excluding steroid dienone is 3. The van der Waals surface area contributed by atoms with Crippen molar-refractivity contribution in [1.29, 1.82) is 0 Å². The molecule has 0 fully saturated rings. The van der Waals surface area contributed by atoms with Crippen LogP contribution >= 0.6 is 11.6 Å². The smallest absolute Gasteiger partial charge is 0.254 e. The Bertz CT molecular complexity index is 1170. The molecule has 1 aliphatic carbocycles. The molecule has 2 aromatic carbocycles. The number of benzene rings is 2. The highest BCUT2D eigenvalue weighted by Gasteiger charge is 2.15. The first-order valence-corrected chi connectivity index (χ1v) is 11.1. The lowest BCUT2D eigenvalue weighted by Gasteiger charge is -2.14. The minimum absolute atomic E-state index is 0.425. The number of nitrogens with two attached hydrogens (primary N) is 1. The summed E-state index contributed by atoms with van der Waals surface area (Å²) >= 11 is 6.06. The maximum atomic E-state index is 9.38. The summed E-state index contributed by atoms with van der Waals surface area (Å²) in [5.74, 6) is 2.28. The quantitative estimate of drug-likeness (QED) is 0.421. The lowest BCUT2D eigenvalue weighted by molar-refractivity contribution is -0.0108. The summed E-state index contributed by atoms with van der Waals surface area (Å²) < 4.78 is 5.24. The number of aromatic nitrogens is 2. The summed E-state index contributed by atoms with van der Waals surface area (Å²) in [6.07, 6.45) is 6.31. The second kappa shape index (κ2) is 9.69. The number of anilines is 1. The Hall–Kier alpha value is -2.93. The van der Waals surface area contributed by atoms with E-state index in [0.29, 0.717) is 33.8 Å². The SMILES string of the molecule is CCC1CCC=C(Nc2nc(-c3ccc(Cl)cc3)nc3cc(OC(N)O)ccc23)C=C1C. The number of hydrogen-bond acceptors (Lipinski definition) is 6. The van der Waals surface area contributed by atoms with E-state index in [1.54, 1.807) is 12.1 Å². The number of nitrogens with one attached hydrogen (secondary N) is 1. The van der Waals surface area contributed by atoms with Crippen LogP contribution in [0.3, 0.4) is 0 Å². The predicted octanol–water partition coefficient (Wildman–Crippen LogP) is 5.63. The molecule has 0 spiro atoms. The van der Waals surface area contributed by atoms with E-state index < -0.39 is 6.41 Å². The number of fused-ring (bicyclic) bond motifs is 1. The van der Waals surface area contributed by atoms with Gasteiger partial charge in [-0.25, -0.2) is 9.97 Å². The van der Waals surface area contributed by atoms with E-state index >= 15 is 0 Å². The van der Waals surface area contributed by atoms with Crippen LogP contribution in [0.15, 0.2) is 65.9 Å². The van der Waals surface area contributed by atoms with Crippen LogP contribution in [0, 0.1) is 5.92 Å². The Balaban J connectivity index is 1.79. The molecule has 0 radical (unpaired) electrons. The minimum Gasteiger partial charge on any atom is -0.452 e. The van der Waals surface area contributed by atoms with Gasteiger partial charge in [-0.05, 0) is 74.6 Å². The van der Waals surface area contributed by atoms with Gasteiger partial charge in [-0.1, -0.05) is 30.2 Å². The third kappa shape index (κ3) is 5.10. The lowest BCUT2D eigenvalue weighted by Crippen LogP contribution is -2.25. The predicted molar refractivity (Wildman–Crippen MR) is 129 cm³/mol. The molecule has 4 N–H and O–H groups in total. The van der Waals surface area contributed by atoms with Crippen molar-refractivity contribution in [2.45, 2.75) is 39.5 Å². The summed E-state index contributed by atoms with van der Waals surface area (Å²) in [6, 6.07) is 12.7. The monoisotopic (exact) mass is 450 g/mol. The Kier molecular flexibility index (Phi) is 6.74. The van der Waals surface area contributed by atoms with Gasteiger partial charge in [0.15, 0.2) is 5.82 Å². The number of aliphatic hydroxyl groups is 1. The topological polar surface area (TPSA) is 93.3 Å². The Labute approximate surface area is 192 Å². The van der Waals surface area contributed by atoms with E-state index in [0.717, 1.165) is 35.9 Å². The van der Waals surface area contributed by atoms with Gasteiger partial charge < -0.3 is 15.2 Å². The van der Waals surface area contributed by atoms with E-state index in [1.807, 2.05) is 30.3 Å². The molecular formula is C25H27ClN4O2. The van der Waals surface area contributed by atoms with Gasteiger partial charge in [-0.2, -0.15) is 0 Å². The van der Waals surface area contributed by atoms with Gasteiger partial charge in [0.1, 0.15) is 11.6 Å². The fourth-order valence-electron chi connectivity index (χ4n) is 3.99. The first kappa shape index (κ1) is 22.3. The molecule has 1 aromatic heterocycles. The van der Waals surface area contributed by atoms with Crippen LogP contribution in [0.2, 0.25) is 5.02 Å². The molecule has 4 rings (SSSR count).